The molecule has 1 aromatic heterocycles. The van der Waals surface area contributed by atoms with Crippen LogP contribution in [0.2, 0.25) is 0 Å². The van der Waals surface area contributed by atoms with Gasteiger partial charge in [-0.05, 0) is 12.5 Å². The van der Waals surface area contributed by atoms with Crippen LogP contribution >= 0.6 is 11.3 Å². The number of carbonyl (C=O) groups is 1. The minimum absolute atomic E-state index is 0.133. The lowest BCUT2D eigenvalue weighted by molar-refractivity contribution is 0.0969. The third-order valence-electron chi connectivity index (χ3n) is 3.97. The summed E-state index contributed by atoms with van der Waals surface area (Å²) in [5.74, 6) is 1.36. The Morgan fingerprint density at radius 2 is 2.20 bits per heavy atom. The number of thiazole rings is 1. The first-order chi connectivity index (χ1) is 9.84. The highest BCUT2D eigenvalue weighted by molar-refractivity contribution is 7.12. The maximum Gasteiger partial charge on any atom is 0.174 e. The van der Waals surface area contributed by atoms with Gasteiger partial charge in [-0.1, -0.05) is 23.4 Å². The number of para-hydroxylation sites is 1. The van der Waals surface area contributed by atoms with Crippen molar-refractivity contribution in [3.63, 3.8) is 0 Å². The summed E-state index contributed by atoms with van der Waals surface area (Å²) in [6.07, 6.45) is 3.25. The van der Waals surface area contributed by atoms with E-state index in [2.05, 4.69) is 16.2 Å². The molecule has 2 atom stereocenters. The molecule has 0 spiro atoms. The third kappa shape index (κ3) is 1.70. The van der Waals surface area contributed by atoms with Gasteiger partial charge in [0, 0.05) is 23.8 Å². The molecule has 0 fully saturated rings. The van der Waals surface area contributed by atoms with Crippen molar-refractivity contribution in [2.45, 2.75) is 24.7 Å². The molecule has 2 aliphatic rings. The fourth-order valence-electron chi connectivity index (χ4n) is 3.01. The van der Waals surface area contributed by atoms with E-state index in [0.29, 0.717) is 6.42 Å². The fourth-order valence-corrected chi connectivity index (χ4v) is 3.84. The number of nitrogens with zero attached hydrogens (tertiary/aromatic N) is 2. The average Bonchev–Trinajstić information content (AvgIpc) is 2.98. The van der Waals surface area contributed by atoms with Crippen molar-refractivity contribution in [3.8, 4) is 5.75 Å². The summed E-state index contributed by atoms with van der Waals surface area (Å²) >= 11 is 1.45. The predicted octanol–water partition coefficient (Wildman–Crippen LogP) is 3.37. The lowest BCUT2D eigenvalue weighted by Gasteiger charge is -2.29. The molecule has 2 heterocycles. The number of benzene rings is 1. The number of oxime groups is 1. The van der Waals surface area contributed by atoms with Gasteiger partial charge >= 0.3 is 0 Å². The van der Waals surface area contributed by atoms with Gasteiger partial charge in [-0.2, -0.15) is 0 Å². The predicted molar refractivity (Wildman–Crippen MR) is 76.7 cm³/mol. The van der Waals surface area contributed by atoms with Gasteiger partial charge in [-0.25, -0.2) is 4.98 Å². The van der Waals surface area contributed by atoms with Crippen LogP contribution in [0.3, 0.4) is 0 Å². The third-order valence-corrected chi connectivity index (χ3v) is 4.85. The second-order valence-electron chi connectivity index (χ2n) is 5.04. The van der Waals surface area contributed by atoms with Gasteiger partial charge in [-0.15, -0.1) is 11.3 Å². The molecule has 0 amide bonds. The topological polar surface area (TPSA) is 51.5 Å². The van der Waals surface area contributed by atoms with Gasteiger partial charge in [0.1, 0.15) is 0 Å². The highest BCUT2D eigenvalue weighted by atomic mass is 32.1. The van der Waals surface area contributed by atoms with Crippen molar-refractivity contribution in [1.82, 2.24) is 4.98 Å². The molecular formula is C15H12N2O2S. The van der Waals surface area contributed by atoms with Crippen molar-refractivity contribution in [2.75, 3.05) is 0 Å². The summed E-state index contributed by atoms with van der Waals surface area (Å²) in [5, 5.41) is 4.02. The second kappa shape index (κ2) is 4.52. The summed E-state index contributed by atoms with van der Waals surface area (Å²) < 4.78 is 0. The van der Waals surface area contributed by atoms with Gasteiger partial charge in [-0.3, -0.25) is 4.79 Å². The first-order valence-electron chi connectivity index (χ1n) is 6.60. The molecule has 1 aliphatic carbocycles. The molecule has 2 unspecified atom stereocenters. The van der Waals surface area contributed by atoms with E-state index in [1.807, 2.05) is 24.4 Å². The summed E-state index contributed by atoms with van der Waals surface area (Å²) in [5.41, 5.74) is 3.82. The number of ketones is 1. The Hall–Kier alpha value is -2.01. The van der Waals surface area contributed by atoms with Gasteiger partial charge < -0.3 is 4.84 Å². The molecule has 4 nitrogen and oxygen atoms in total. The molecule has 100 valence electrons. The summed E-state index contributed by atoms with van der Waals surface area (Å²) in [7, 11) is 0. The number of Topliss-reactive ketones (excluding diaryl/α,β-unsaturated/α-hetero) is 1. The molecule has 0 N–H and O–H groups in total. The Kier molecular flexibility index (Phi) is 2.67. The van der Waals surface area contributed by atoms with E-state index >= 15 is 0 Å². The Bertz CT molecular complexity index is 707. The summed E-state index contributed by atoms with van der Waals surface area (Å²) in [4.78, 5) is 22.5. The van der Waals surface area contributed by atoms with Crippen molar-refractivity contribution in [3.05, 3.63) is 45.9 Å². The molecule has 20 heavy (non-hydrogen) atoms. The lowest BCUT2D eigenvalue weighted by Crippen LogP contribution is -2.23. The summed E-state index contributed by atoms with van der Waals surface area (Å²) in [6, 6.07) is 7.93. The van der Waals surface area contributed by atoms with E-state index in [0.717, 1.165) is 28.3 Å². The first kappa shape index (κ1) is 11.8. The van der Waals surface area contributed by atoms with Crippen LogP contribution in [0.1, 0.15) is 45.6 Å². The van der Waals surface area contributed by atoms with E-state index in [4.69, 9.17) is 4.84 Å². The van der Waals surface area contributed by atoms with E-state index in [1.165, 1.54) is 11.3 Å². The van der Waals surface area contributed by atoms with Crippen LogP contribution < -0.4 is 4.84 Å². The molecule has 0 saturated heterocycles. The summed E-state index contributed by atoms with van der Waals surface area (Å²) in [6.45, 7) is 0. The van der Waals surface area contributed by atoms with E-state index < -0.39 is 0 Å². The number of carbonyl (C=O) groups excluding carboxylic acids is 1. The van der Waals surface area contributed by atoms with Crippen LogP contribution in [-0.4, -0.2) is 17.0 Å². The Labute approximate surface area is 120 Å². The van der Waals surface area contributed by atoms with Crippen molar-refractivity contribution < 1.29 is 9.63 Å². The minimum atomic E-state index is 0.133. The largest absolute Gasteiger partial charge is 0.357 e. The Morgan fingerprint density at radius 3 is 3.15 bits per heavy atom. The normalized spacial score (nSPS) is 23.9. The number of hydrogen-bond acceptors (Lipinski definition) is 5. The highest BCUT2D eigenvalue weighted by Gasteiger charge is 2.36. The number of aromatic nitrogens is 1. The molecule has 2 aromatic rings. The SMILES string of the molecule is O=C1CCC(C2C=NOc3ccccc32)c2ncsc21. The molecular weight excluding hydrogens is 272 g/mol. The van der Waals surface area contributed by atoms with Crippen LogP contribution in [-0.2, 0) is 0 Å². The number of hydrogen-bond donors (Lipinski definition) is 0. The standard InChI is InChI=1S/C15H12N2O2S/c18-12-6-5-10(14-15(12)20-8-16-14)11-7-17-19-13-4-2-1-3-9(11)13/h1-4,7-8,10-11H,5-6H2. The van der Waals surface area contributed by atoms with Crippen molar-refractivity contribution in [1.29, 1.82) is 0 Å². The quantitative estimate of drug-likeness (QED) is 0.806. The molecule has 5 heteroatoms. The molecule has 0 radical (unpaired) electrons. The second-order valence-corrected chi connectivity index (χ2v) is 5.90. The van der Waals surface area contributed by atoms with Crippen LogP contribution in [0, 0.1) is 0 Å². The Balaban J connectivity index is 1.80. The fraction of sp³-hybridized carbons (Fsp3) is 0.267. The van der Waals surface area contributed by atoms with Gasteiger partial charge in [0.25, 0.3) is 0 Å². The van der Waals surface area contributed by atoms with Crippen LogP contribution in [0.5, 0.6) is 5.75 Å². The van der Waals surface area contributed by atoms with Gasteiger partial charge in [0.15, 0.2) is 11.5 Å². The first-order valence-corrected chi connectivity index (χ1v) is 7.48. The smallest absolute Gasteiger partial charge is 0.174 e. The van der Waals surface area contributed by atoms with E-state index in [-0.39, 0.29) is 17.6 Å². The van der Waals surface area contributed by atoms with Crippen LogP contribution in [0.15, 0.2) is 34.9 Å². The van der Waals surface area contributed by atoms with E-state index in [1.54, 1.807) is 5.51 Å². The molecule has 0 saturated carbocycles. The van der Waals surface area contributed by atoms with Crippen molar-refractivity contribution >= 4 is 23.3 Å². The zero-order valence-corrected chi connectivity index (χ0v) is 11.5. The molecule has 4 rings (SSSR count). The average molecular weight is 284 g/mol. The maximum absolute atomic E-state index is 11.9. The Morgan fingerprint density at radius 1 is 1.30 bits per heavy atom. The van der Waals surface area contributed by atoms with Crippen LogP contribution in [0.4, 0.5) is 0 Å². The lowest BCUT2D eigenvalue weighted by atomic mass is 9.77. The van der Waals surface area contributed by atoms with Gasteiger partial charge in [0.2, 0.25) is 0 Å². The highest BCUT2D eigenvalue weighted by Crippen LogP contribution is 2.44. The monoisotopic (exact) mass is 284 g/mol. The van der Waals surface area contributed by atoms with Gasteiger partial charge in [0.05, 0.1) is 22.3 Å². The molecule has 0 bridgehead atoms. The minimum Gasteiger partial charge on any atom is -0.357 e. The van der Waals surface area contributed by atoms with E-state index in [9.17, 15) is 4.79 Å². The number of fused-ring (bicyclic) bond motifs is 2. The zero-order chi connectivity index (χ0) is 13.5. The van der Waals surface area contributed by atoms with Crippen LogP contribution in [0.25, 0.3) is 0 Å². The molecule has 1 aliphatic heterocycles. The van der Waals surface area contributed by atoms with Crippen molar-refractivity contribution in [2.24, 2.45) is 5.16 Å². The number of rotatable bonds is 1. The maximum atomic E-state index is 11.9. The zero-order valence-electron chi connectivity index (χ0n) is 10.7. The molecule has 1 aromatic carbocycles.